The van der Waals surface area contributed by atoms with Crippen molar-refractivity contribution in [3.63, 3.8) is 0 Å². The zero-order chi connectivity index (χ0) is 15.0. The van der Waals surface area contributed by atoms with E-state index in [1.54, 1.807) is 0 Å². The highest BCUT2D eigenvalue weighted by atomic mass is 32.1. The third-order valence-corrected chi connectivity index (χ3v) is 3.57. The third-order valence-electron chi connectivity index (χ3n) is 3.25. The Morgan fingerprint density at radius 1 is 1.29 bits per heavy atom. The SMILES string of the molecule is N#CC1=C(N)Oc2[nH]c(=O)[nH]c(=S)c2C1c1ccccc1. The van der Waals surface area contributed by atoms with E-state index in [2.05, 4.69) is 16.0 Å². The molecule has 0 aliphatic carbocycles. The lowest BCUT2D eigenvalue weighted by Gasteiger charge is -2.25. The van der Waals surface area contributed by atoms with Crippen molar-refractivity contribution in [3.05, 3.63) is 68.0 Å². The second-order valence-corrected chi connectivity index (χ2v) is 4.89. The second kappa shape index (κ2) is 4.92. The van der Waals surface area contributed by atoms with Crippen molar-refractivity contribution in [2.75, 3.05) is 0 Å². The topological polar surface area (TPSA) is 108 Å². The van der Waals surface area contributed by atoms with Crippen molar-refractivity contribution in [2.24, 2.45) is 5.73 Å². The Hall–Kier alpha value is -2.85. The Morgan fingerprint density at radius 2 is 2.00 bits per heavy atom. The first-order chi connectivity index (χ1) is 10.1. The molecule has 0 amide bonds. The van der Waals surface area contributed by atoms with Crippen LogP contribution < -0.4 is 16.2 Å². The molecule has 1 aromatic carbocycles. The highest BCUT2D eigenvalue weighted by molar-refractivity contribution is 7.71. The Balaban J connectivity index is 2.34. The van der Waals surface area contributed by atoms with Crippen molar-refractivity contribution in [1.82, 2.24) is 9.97 Å². The smallest absolute Gasteiger partial charge is 0.326 e. The summed E-state index contributed by atoms with van der Waals surface area (Å²) in [6, 6.07) is 11.4. The normalized spacial score (nSPS) is 16.8. The monoisotopic (exact) mass is 298 g/mol. The van der Waals surface area contributed by atoms with E-state index in [1.807, 2.05) is 30.3 Å². The van der Waals surface area contributed by atoms with E-state index in [1.165, 1.54) is 0 Å². The van der Waals surface area contributed by atoms with E-state index in [0.29, 0.717) is 5.56 Å². The van der Waals surface area contributed by atoms with E-state index in [0.717, 1.165) is 5.56 Å². The lowest BCUT2D eigenvalue weighted by atomic mass is 9.85. The van der Waals surface area contributed by atoms with Crippen LogP contribution in [0.4, 0.5) is 0 Å². The van der Waals surface area contributed by atoms with Gasteiger partial charge in [0.15, 0.2) is 0 Å². The number of nitrogens with one attached hydrogen (secondary N) is 2. The van der Waals surface area contributed by atoms with Crippen LogP contribution in [0, 0.1) is 16.0 Å². The average Bonchev–Trinajstić information content (AvgIpc) is 2.46. The number of nitrogens with two attached hydrogens (primary N) is 1. The molecule has 7 heteroatoms. The second-order valence-electron chi connectivity index (χ2n) is 4.49. The number of fused-ring (bicyclic) bond motifs is 1. The summed E-state index contributed by atoms with van der Waals surface area (Å²) in [5.74, 6) is -0.329. The van der Waals surface area contributed by atoms with Gasteiger partial charge in [-0.1, -0.05) is 42.5 Å². The molecule has 6 nitrogen and oxygen atoms in total. The number of hydrogen-bond donors (Lipinski definition) is 3. The lowest BCUT2D eigenvalue weighted by molar-refractivity contribution is 0.374. The largest absolute Gasteiger partial charge is 0.424 e. The van der Waals surface area contributed by atoms with Crippen molar-refractivity contribution in [3.8, 4) is 11.9 Å². The highest BCUT2D eigenvalue weighted by Gasteiger charge is 2.32. The van der Waals surface area contributed by atoms with E-state index < -0.39 is 11.6 Å². The number of allylic oxidation sites excluding steroid dienone is 1. The van der Waals surface area contributed by atoms with Crippen LogP contribution >= 0.6 is 12.2 Å². The molecule has 0 bridgehead atoms. The van der Waals surface area contributed by atoms with Gasteiger partial charge in [0.25, 0.3) is 0 Å². The Labute approximate surface area is 124 Å². The minimum absolute atomic E-state index is 0.0323. The summed E-state index contributed by atoms with van der Waals surface area (Å²) in [7, 11) is 0. The standard InChI is InChI=1S/C14H10N4O2S/c15-6-8-9(7-4-2-1-3-5-7)10-12(20-11(8)16)17-14(19)18-13(10)21/h1-5,9H,16H2,(H2,17,18,19,21). The van der Waals surface area contributed by atoms with Gasteiger partial charge in [-0.15, -0.1) is 0 Å². The van der Waals surface area contributed by atoms with Gasteiger partial charge in [0, 0.05) is 0 Å². The molecule has 2 heterocycles. The molecule has 21 heavy (non-hydrogen) atoms. The van der Waals surface area contributed by atoms with Crippen molar-refractivity contribution >= 4 is 12.2 Å². The number of ether oxygens (including phenoxy) is 1. The fourth-order valence-electron chi connectivity index (χ4n) is 2.37. The first-order valence-electron chi connectivity index (χ1n) is 6.11. The average molecular weight is 298 g/mol. The maximum atomic E-state index is 11.5. The number of aromatic amines is 2. The van der Waals surface area contributed by atoms with Crippen LogP contribution in [0.3, 0.4) is 0 Å². The predicted octanol–water partition coefficient (Wildman–Crippen LogP) is 1.65. The van der Waals surface area contributed by atoms with Gasteiger partial charge >= 0.3 is 5.69 Å². The van der Waals surface area contributed by atoms with E-state index >= 15 is 0 Å². The van der Waals surface area contributed by atoms with Gasteiger partial charge in [0.05, 0.1) is 11.5 Å². The van der Waals surface area contributed by atoms with Gasteiger partial charge in [0.1, 0.15) is 16.3 Å². The van der Waals surface area contributed by atoms with Gasteiger partial charge in [-0.25, -0.2) is 4.79 Å². The molecule has 0 radical (unpaired) electrons. The first-order valence-corrected chi connectivity index (χ1v) is 6.51. The minimum Gasteiger partial charge on any atom is -0.424 e. The van der Waals surface area contributed by atoms with Gasteiger partial charge < -0.3 is 10.5 Å². The Morgan fingerprint density at radius 3 is 2.67 bits per heavy atom. The Kier molecular flexibility index (Phi) is 3.08. The number of nitriles is 1. The van der Waals surface area contributed by atoms with Crippen LogP contribution in [-0.2, 0) is 0 Å². The summed E-state index contributed by atoms with van der Waals surface area (Å²) in [6.45, 7) is 0. The van der Waals surface area contributed by atoms with Crippen LogP contribution in [0.15, 0.2) is 46.6 Å². The zero-order valence-electron chi connectivity index (χ0n) is 10.7. The fraction of sp³-hybridized carbons (Fsp3) is 0.0714. The Bertz CT molecular complexity index is 890. The molecule has 1 aliphatic heterocycles. The van der Waals surface area contributed by atoms with Crippen LogP contribution in [0.1, 0.15) is 17.0 Å². The summed E-state index contributed by atoms with van der Waals surface area (Å²) in [6.07, 6.45) is 0. The molecular weight excluding hydrogens is 288 g/mol. The fourth-order valence-corrected chi connectivity index (χ4v) is 2.67. The van der Waals surface area contributed by atoms with Crippen molar-refractivity contribution in [2.45, 2.75) is 5.92 Å². The molecule has 2 aromatic rings. The molecule has 1 aromatic heterocycles. The van der Waals surface area contributed by atoms with Crippen LogP contribution in [-0.4, -0.2) is 9.97 Å². The number of aromatic nitrogens is 2. The third kappa shape index (κ3) is 2.11. The van der Waals surface area contributed by atoms with Crippen LogP contribution in [0.2, 0.25) is 0 Å². The maximum Gasteiger partial charge on any atom is 0.326 e. The molecule has 3 rings (SSSR count). The predicted molar refractivity (Wildman–Crippen MR) is 78.0 cm³/mol. The summed E-state index contributed by atoms with van der Waals surface area (Å²) >= 11 is 5.21. The van der Waals surface area contributed by atoms with Gasteiger partial charge in [-0.05, 0) is 5.56 Å². The molecule has 0 spiro atoms. The lowest BCUT2D eigenvalue weighted by Crippen LogP contribution is -2.25. The summed E-state index contributed by atoms with van der Waals surface area (Å²) in [5, 5.41) is 9.38. The van der Waals surface area contributed by atoms with Crippen molar-refractivity contribution in [1.29, 1.82) is 5.26 Å². The molecule has 104 valence electrons. The maximum absolute atomic E-state index is 11.5. The summed E-state index contributed by atoms with van der Waals surface area (Å²) in [4.78, 5) is 16.5. The van der Waals surface area contributed by atoms with Crippen LogP contribution in [0.5, 0.6) is 5.88 Å². The molecule has 0 fully saturated rings. The number of hydrogen-bond acceptors (Lipinski definition) is 5. The quantitative estimate of drug-likeness (QED) is 0.694. The first kappa shape index (κ1) is 13.1. The molecule has 1 aliphatic rings. The molecule has 4 N–H and O–H groups in total. The molecule has 0 saturated carbocycles. The van der Waals surface area contributed by atoms with E-state index in [-0.39, 0.29) is 22.0 Å². The number of rotatable bonds is 1. The van der Waals surface area contributed by atoms with Gasteiger partial charge in [-0.2, -0.15) is 5.26 Å². The molecule has 0 saturated heterocycles. The van der Waals surface area contributed by atoms with E-state index in [9.17, 15) is 10.1 Å². The molecule has 1 unspecified atom stereocenters. The number of H-pyrrole nitrogens is 2. The summed E-state index contributed by atoms with van der Waals surface area (Å²) < 4.78 is 5.57. The van der Waals surface area contributed by atoms with E-state index in [4.69, 9.17) is 22.7 Å². The molecule has 1 atom stereocenters. The zero-order valence-corrected chi connectivity index (χ0v) is 11.5. The van der Waals surface area contributed by atoms with Gasteiger partial charge in [0.2, 0.25) is 11.8 Å². The highest BCUT2D eigenvalue weighted by Crippen LogP contribution is 2.40. The van der Waals surface area contributed by atoms with Crippen molar-refractivity contribution < 1.29 is 4.74 Å². The number of benzene rings is 1. The van der Waals surface area contributed by atoms with Crippen LogP contribution in [0.25, 0.3) is 0 Å². The minimum atomic E-state index is -0.487. The van der Waals surface area contributed by atoms with Gasteiger partial charge in [-0.3, -0.25) is 9.97 Å². The molecular formula is C14H10N4O2S. The summed E-state index contributed by atoms with van der Waals surface area (Å²) in [5.41, 5.74) is 6.95. The number of nitrogens with zero attached hydrogens (tertiary/aromatic N) is 1.